The van der Waals surface area contributed by atoms with E-state index in [1.807, 2.05) is 0 Å². The van der Waals surface area contributed by atoms with Crippen LogP contribution in [0.25, 0.3) is 0 Å². The van der Waals surface area contributed by atoms with Crippen molar-refractivity contribution in [3.63, 3.8) is 0 Å². The monoisotopic (exact) mass is 341 g/mol. The minimum absolute atomic E-state index is 0.0460. The molecule has 1 aromatic rings. The number of ether oxygens (including phenoxy) is 1. The molecular formula is C17H21F2NO2S. The molecule has 0 radical (unpaired) electrons. The Balaban J connectivity index is 1.62. The summed E-state index contributed by atoms with van der Waals surface area (Å²) >= 11 is 1.75. The molecule has 2 saturated heterocycles. The molecule has 0 aromatic heterocycles. The molecule has 0 spiro atoms. The molecule has 1 amide bonds. The summed E-state index contributed by atoms with van der Waals surface area (Å²) in [5, 5.41) is 0.426. The molecule has 3 nitrogen and oxygen atoms in total. The Hall–Kier alpha value is -1.14. The van der Waals surface area contributed by atoms with E-state index in [0.29, 0.717) is 17.4 Å². The van der Waals surface area contributed by atoms with Crippen LogP contribution in [0.1, 0.15) is 31.2 Å². The van der Waals surface area contributed by atoms with Gasteiger partial charge in [0.25, 0.3) is 0 Å². The molecule has 0 unspecified atom stereocenters. The van der Waals surface area contributed by atoms with Crippen LogP contribution < -0.4 is 0 Å². The Morgan fingerprint density at radius 1 is 1.22 bits per heavy atom. The molecule has 6 heteroatoms. The molecular weight excluding hydrogens is 320 g/mol. The Labute approximate surface area is 139 Å². The summed E-state index contributed by atoms with van der Waals surface area (Å²) in [7, 11) is 0. The average molecular weight is 341 g/mol. The first-order valence-electron chi connectivity index (χ1n) is 8.09. The Kier molecular flexibility index (Phi) is 5.54. The average Bonchev–Trinajstić information content (AvgIpc) is 2.54. The molecule has 0 aliphatic carbocycles. The van der Waals surface area contributed by atoms with Gasteiger partial charge < -0.3 is 9.64 Å². The maximum Gasteiger partial charge on any atom is 0.236 e. The smallest absolute Gasteiger partial charge is 0.236 e. The van der Waals surface area contributed by atoms with E-state index in [-0.39, 0.29) is 17.7 Å². The van der Waals surface area contributed by atoms with Gasteiger partial charge in [-0.05, 0) is 31.7 Å². The SMILES string of the molecule is O=C1[C@H](SC2CCOCC2)CCCN1Cc1ccc(F)cc1F. The van der Waals surface area contributed by atoms with Crippen molar-refractivity contribution in [3.05, 3.63) is 35.4 Å². The first-order chi connectivity index (χ1) is 11.1. The number of likely N-dealkylation sites (tertiary alicyclic amines) is 1. The van der Waals surface area contributed by atoms with Gasteiger partial charge in [0.2, 0.25) is 5.91 Å². The van der Waals surface area contributed by atoms with Crippen LogP contribution in [0.3, 0.4) is 0 Å². The van der Waals surface area contributed by atoms with Crippen molar-refractivity contribution in [1.82, 2.24) is 4.90 Å². The minimum atomic E-state index is -0.593. The van der Waals surface area contributed by atoms with Crippen molar-refractivity contribution in [2.45, 2.75) is 42.7 Å². The number of hydrogen-bond donors (Lipinski definition) is 0. The van der Waals surface area contributed by atoms with Crippen LogP contribution in [0.2, 0.25) is 0 Å². The third-order valence-electron chi connectivity index (χ3n) is 4.38. The van der Waals surface area contributed by atoms with Crippen molar-refractivity contribution in [2.24, 2.45) is 0 Å². The fourth-order valence-corrected chi connectivity index (χ4v) is 4.59. The second kappa shape index (κ2) is 7.62. The number of nitrogens with zero attached hydrogens (tertiary/aromatic N) is 1. The summed E-state index contributed by atoms with van der Waals surface area (Å²) in [4.78, 5) is 14.4. The molecule has 0 saturated carbocycles. The van der Waals surface area contributed by atoms with Crippen LogP contribution >= 0.6 is 11.8 Å². The summed E-state index contributed by atoms with van der Waals surface area (Å²) in [5.41, 5.74) is 0.372. The number of thioether (sulfide) groups is 1. The van der Waals surface area contributed by atoms with Gasteiger partial charge in [0.05, 0.1) is 5.25 Å². The topological polar surface area (TPSA) is 29.5 Å². The van der Waals surface area contributed by atoms with Crippen LogP contribution in [0.15, 0.2) is 18.2 Å². The molecule has 2 heterocycles. The number of piperidine rings is 1. The number of carbonyl (C=O) groups is 1. The van der Waals surface area contributed by atoms with Gasteiger partial charge in [-0.25, -0.2) is 8.78 Å². The van der Waals surface area contributed by atoms with E-state index in [9.17, 15) is 13.6 Å². The molecule has 0 N–H and O–H groups in total. The van der Waals surface area contributed by atoms with E-state index in [1.54, 1.807) is 16.7 Å². The molecule has 1 atom stereocenters. The molecule has 2 aliphatic heterocycles. The molecule has 126 valence electrons. The van der Waals surface area contributed by atoms with Gasteiger partial charge in [0.15, 0.2) is 0 Å². The third kappa shape index (κ3) is 4.23. The Morgan fingerprint density at radius 3 is 2.74 bits per heavy atom. The largest absolute Gasteiger partial charge is 0.381 e. The highest BCUT2D eigenvalue weighted by Crippen LogP contribution is 2.32. The number of rotatable bonds is 4. The maximum absolute atomic E-state index is 13.8. The fraction of sp³-hybridized carbons (Fsp3) is 0.588. The second-order valence-electron chi connectivity index (χ2n) is 6.07. The summed E-state index contributed by atoms with van der Waals surface area (Å²) in [6, 6.07) is 3.53. The quantitative estimate of drug-likeness (QED) is 0.841. The molecule has 3 rings (SSSR count). The van der Waals surface area contributed by atoms with E-state index in [2.05, 4.69) is 0 Å². The number of hydrogen-bond acceptors (Lipinski definition) is 3. The van der Waals surface area contributed by atoms with Crippen molar-refractivity contribution < 1.29 is 18.3 Å². The lowest BCUT2D eigenvalue weighted by Crippen LogP contribution is -2.43. The summed E-state index contributed by atoms with van der Waals surface area (Å²) in [6.07, 6.45) is 3.78. The van der Waals surface area contributed by atoms with E-state index in [0.717, 1.165) is 45.0 Å². The maximum atomic E-state index is 13.8. The molecule has 2 aliphatic rings. The van der Waals surface area contributed by atoms with Crippen LogP contribution in [0.5, 0.6) is 0 Å². The highest BCUT2D eigenvalue weighted by atomic mass is 32.2. The van der Waals surface area contributed by atoms with Crippen molar-refractivity contribution in [3.8, 4) is 0 Å². The van der Waals surface area contributed by atoms with Gasteiger partial charge in [0, 0.05) is 43.2 Å². The van der Waals surface area contributed by atoms with Crippen molar-refractivity contribution in [2.75, 3.05) is 19.8 Å². The number of carbonyl (C=O) groups excluding carboxylic acids is 1. The van der Waals surface area contributed by atoms with Crippen molar-refractivity contribution >= 4 is 17.7 Å². The predicted molar refractivity (Wildman–Crippen MR) is 86.2 cm³/mol. The number of halogens is 2. The highest BCUT2D eigenvalue weighted by Gasteiger charge is 2.32. The minimum Gasteiger partial charge on any atom is -0.381 e. The van der Waals surface area contributed by atoms with Gasteiger partial charge in [-0.3, -0.25) is 4.79 Å². The zero-order chi connectivity index (χ0) is 16.2. The first kappa shape index (κ1) is 16.7. The van der Waals surface area contributed by atoms with Gasteiger partial charge >= 0.3 is 0 Å². The van der Waals surface area contributed by atoms with Crippen molar-refractivity contribution in [1.29, 1.82) is 0 Å². The molecule has 1 aromatic carbocycles. The van der Waals surface area contributed by atoms with E-state index < -0.39 is 11.6 Å². The lowest BCUT2D eigenvalue weighted by Gasteiger charge is -2.34. The normalized spacial score (nSPS) is 23.3. The summed E-state index contributed by atoms with van der Waals surface area (Å²) in [5.74, 6) is -1.10. The molecule has 2 fully saturated rings. The van der Waals surface area contributed by atoms with E-state index >= 15 is 0 Å². The second-order valence-corrected chi connectivity index (χ2v) is 7.58. The zero-order valence-corrected chi connectivity index (χ0v) is 13.8. The van der Waals surface area contributed by atoms with Crippen LogP contribution in [0, 0.1) is 11.6 Å². The Morgan fingerprint density at radius 2 is 2.00 bits per heavy atom. The van der Waals surface area contributed by atoms with Gasteiger partial charge in [-0.15, -0.1) is 11.8 Å². The summed E-state index contributed by atoms with van der Waals surface area (Å²) < 4.78 is 32.2. The molecule has 0 bridgehead atoms. The molecule has 23 heavy (non-hydrogen) atoms. The zero-order valence-electron chi connectivity index (χ0n) is 13.0. The fourth-order valence-electron chi connectivity index (χ4n) is 3.09. The van der Waals surface area contributed by atoms with Crippen LogP contribution in [0.4, 0.5) is 8.78 Å². The lowest BCUT2D eigenvalue weighted by atomic mass is 10.1. The van der Waals surface area contributed by atoms with Gasteiger partial charge in [-0.2, -0.15) is 0 Å². The highest BCUT2D eigenvalue weighted by molar-refractivity contribution is 8.01. The first-order valence-corrected chi connectivity index (χ1v) is 9.03. The third-order valence-corrected chi connectivity index (χ3v) is 6.00. The van der Waals surface area contributed by atoms with E-state index in [1.165, 1.54) is 12.1 Å². The number of amides is 1. The summed E-state index contributed by atoms with van der Waals surface area (Å²) in [6.45, 7) is 2.39. The van der Waals surface area contributed by atoms with Gasteiger partial charge in [0.1, 0.15) is 11.6 Å². The number of benzene rings is 1. The predicted octanol–water partition coefficient (Wildman–Crippen LogP) is 3.37. The van der Waals surface area contributed by atoms with Crippen LogP contribution in [-0.4, -0.2) is 41.1 Å². The van der Waals surface area contributed by atoms with Gasteiger partial charge in [-0.1, -0.05) is 6.07 Å². The Bertz CT molecular complexity index is 564. The lowest BCUT2D eigenvalue weighted by molar-refractivity contribution is -0.133. The standard InChI is InChI=1S/C17H21F2NO2S/c18-13-4-3-12(15(19)10-13)11-20-7-1-2-16(17(20)21)23-14-5-8-22-9-6-14/h3-4,10,14,16H,1-2,5-9,11H2/t16-/m1/s1. The van der Waals surface area contributed by atoms with E-state index in [4.69, 9.17) is 4.74 Å². The van der Waals surface area contributed by atoms with Crippen LogP contribution in [-0.2, 0) is 16.1 Å².